The predicted octanol–water partition coefficient (Wildman–Crippen LogP) is 1.67. The Morgan fingerprint density at radius 3 is 3.04 bits per heavy atom. The van der Waals surface area contributed by atoms with Gasteiger partial charge in [0.25, 0.3) is 0 Å². The lowest BCUT2D eigenvalue weighted by molar-refractivity contribution is 0.237. The molecule has 0 bridgehead atoms. The Labute approximate surface area is 153 Å². The number of nitrogens with zero attached hydrogens (tertiary/aromatic N) is 2. The SMILES string of the molecule is CCS(=O)(=O)N1CC[C@@H](C2=CB(O)Oc3cnc4[nH]ccc4c32)[C@@H](C)C1. The van der Waals surface area contributed by atoms with Gasteiger partial charge in [0.05, 0.1) is 11.9 Å². The molecule has 7 nitrogen and oxygen atoms in total. The molecule has 4 heterocycles. The van der Waals surface area contributed by atoms with Gasteiger partial charge in [0, 0.05) is 30.2 Å². The number of aromatic nitrogens is 2. The molecule has 2 aromatic heterocycles. The van der Waals surface area contributed by atoms with Crippen LogP contribution < -0.4 is 4.65 Å². The van der Waals surface area contributed by atoms with Crippen LogP contribution in [0.5, 0.6) is 5.75 Å². The fraction of sp³-hybridized carbons (Fsp3) is 0.471. The molecule has 0 spiro atoms. The topological polar surface area (TPSA) is 95.5 Å². The molecule has 9 heteroatoms. The van der Waals surface area contributed by atoms with Gasteiger partial charge < -0.3 is 14.7 Å². The van der Waals surface area contributed by atoms with E-state index >= 15 is 0 Å². The van der Waals surface area contributed by atoms with E-state index in [1.165, 1.54) is 0 Å². The van der Waals surface area contributed by atoms with Gasteiger partial charge in [-0.3, -0.25) is 0 Å². The van der Waals surface area contributed by atoms with Crippen molar-refractivity contribution in [3.63, 3.8) is 0 Å². The second kappa shape index (κ2) is 6.40. The van der Waals surface area contributed by atoms with E-state index in [0.29, 0.717) is 25.3 Å². The lowest BCUT2D eigenvalue weighted by Crippen LogP contribution is -2.44. The average Bonchev–Trinajstić information content (AvgIpc) is 3.09. The normalized spacial score (nSPS) is 24.3. The summed E-state index contributed by atoms with van der Waals surface area (Å²) in [6, 6.07) is 1.96. The van der Waals surface area contributed by atoms with Gasteiger partial charge in [-0.05, 0) is 42.8 Å². The third-order valence-corrected chi connectivity index (χ3v) is 7.28. The fourth-order valence-electron chi connectivity index (χ4n) is 4.09. The highest BCUT2D eigenvalue weighted by Crippen LogP contribution is 2.44. The average molecular weight is 375 g/mol. The number of sulfonamides is 1. The van der Waals surface area contributed by atoms with Gasteiger partial charge in [0.1, 0.15) is 11.4 Å². The molecule has 4 rings (SSSR count). The minimum Gasteiger partial charge on any atom is -0.531 e. The first kappa shape index (κ1) is 17.6. The van der Waals surface area contributed by atoms with Crippen LogP contribution in [0.4, 0.5) is 0 Å². The Kier molecular flexibility index (Phi) is 4.33. The molecular weight excluding hydrogens is 353 g/mol. The first-order chi connectivity index (χ1) is 12.4. The van der Waals surface area contributed by atoms with Crippen molar-refractivity contribution in [2.24, 2.45) is 11.8 Å². The van der Waals surface area contributed by atoms with E-state index in [-0.39, 0.29) is 17.6 Å². The van der Waals surface area contributed by atoms with Gasteiger partial charge in [-0.2, -0.15) is 0 Å². The van der Waals surface area contributed by atoms with Crippen molar-refractivity contribution < 1.29 is 18.1 Å². The molecule has 26 heavy (non-hydrogen) atoms. The van der Waals surface area contributed by atoms with E-state index in [1.807, 2.05) is 12.3 Å². The van der Waals surface area contributed by atoms with E-state index < -0.39 is 17.1 Å². The monoisotopic (exact) mass is 375 g/mol. The molecular formula is C17H22BN3O4S. The summed E-state index contributed by atoms with van der Waals surface area (Å²) in [5.74, 6) is 2.73. The highest BCUT2D eigenvalue weighted by molar-refractivity contribution is 7.89. The largest absolute Gasteiger partial charge is 0.552 e. The number of nitrogens with one attached hydrogen (secondary N) is 1. The summed E-state index contributed by atoms with van der Waals surface area (Å²) in [6.45, 7) is 4.73. The Morgan fingerprint density at radius 1 is 1.50 bits per heavy atom. The van der Waals surface area contributed by atoms with Gasteiger partial charge in [-0.15, -0.1) is 0 Å². The first-order valence-corrected chi connectivity index (χ1v) is 10.5. The first-order valence-electron chi connectivity index (χ1n) is 8.91. The van der Waals surface area contributed by atoms with Crippen LogP contribution in [-0.2, 0) is 10.0 Å². The molecule has 2 N–H and O–H groups in total. The molecule has 0 unspecified atom stereocenters. The molecule has 0 aromatic carbocycles. The van der Waals surface area contributed by atoms with Gasteiger partial charge in [-0.25, -0.2) is 17.7 Å². The number of aromatic amines is 1. The summed E-state index contributed by atoms with van der Waals surface area (Å²) >= 11 is 0. The van der Waals surface area contributed by atoms with Crippen LogP contribution in [0.2, 0.25) is 0 Å². The summed E-state index contributed by atoms with van der Waals surface area (Å²) in [5.41, 5.74) is 2.74. The number of piperidine rings is 1. The van der Waals surface area contributed by atoms with Crippen LogP contribution in [0.25, 0.3) is 16.6 Å². The molecule has 0 radical (unpaired) electrons. The maximum absolute atomic E-state index is 12.2. The van der Waals surface area contributed by atoms with E-state index in [0.717, 1.165) is 22.2 Å². The molecule has 2 atom stereocenters. The molecule has 2 aliphatic rings. The number of rotatable bonds is 3. The van der Waals surface area contributed by atoms with Crippen molar-refractivity contribution in [2.45, 2.75) is 20.3 Å². The van der Waals surface area contributed by atoms with E-state index in [9.17, 15) is 13.4 Å². The fourth-order valence-corrected chi connectivity index (χ4v) is 5.30. The summed E-state index contributed by atoms with van der Waals surface area (Å²) in [5, 5.41) is 11.1. The van der Waals surface area contributed by atoms with E-state index in [1.54, 1.807) is 23.4 Å². The maximum atomic E-state index is 12.2. The molecule has 2 aliphatic heterocycles. The van der Waals surface area contributed by atoms with Crippen LogP contribution in [-0.4, -0.2) is 53.7 Å². The van der Waals surface area contributed by atoms with Crippen molar-refractivity contribution in [2.75, 3.05) is 18.8 Å². The summed E-state index contributed by atoms with van der Waals surface area (Å²) in [6.07, 6.45) is 4.18. The number of pyridine rings is 1. The van der Waals surface area contributed by atoms with Crippen LogP contribution in [0.3, 0.4) is 0 Å². The predicted molar refractivity (Wildman–Crippen MR) is 101 cm³/mol. The Morgan fingerprint density at radius 2 is 2.31 bits per heavy atom. The standard InChI is InChI=1S/C17H22BN3O4S/c1-3-26(23,24)21-7-5-12(11(2)10-21)14-8-18(22)25-15-9-20-17-13(16(14)15)4-6-19-17/h4,6,8-9,11-12,22H,3,5,7,10H2,1-2H3,(H,19,20)/t11-,12+/m0/s1. The zero-order valence-electron chi connectivity index (χ0n) is 14.8. The minimum absolute atomic E-state index is 0.123. The Bertz CT molecular complexity index is 972. The highest BCUT2D eigenvalue weighted by atomic mass is 32.2. The number of hydrogen-bond acceptors (Lipinski definition) is 5. The molecule has 0 aliphatic carbocycles. The lowest BCUT2D eigenvalue weighted by Gasteiger charge is -2.38. The van der Waals surface area contributed by atoms with E-state index in [2.05, 4.69) is 16.9 Å². The van der Waals surface area contributed by atoms with Crippen LogP contribution in [0.1, 0.15) is 25.8 Å². The Hall–Kier alpha value is -1.84. The van der Waals surface area contributed by atoms with Gasteiger partial charge in [0.15, 0.2) is 0 Å². The van der Waals surface area contributed by atoms with Gasteiger partial charge in [0.2, 0.25) is 10.0 Å². The number of hydrogen-bond donors (Lipinski definition) is 2. The van der Waals surface area contributed by atoms with Gasteiger partial charge in [-0.1, -0.05) is 6.92 Å². The lowest BCUT2D eigenvalue weighted by atomic mass is 9.71. The zero-order chi connectivity index (χ0) is 18.5. The van der Waals surface area contributed by atoms with Crippen molar-refractivity contribution >= 4 is 33.7 Å². The molecule has 2 aromatic rings. The number of fused-ring (bicyclic) bond motifs is 3. The second-order valence-corrected chi connectivity index (χ2v) is 9.26. The van der Waals surface area contributed by atoms with Crippen LogP contribution in [0.15, 0.2) is 24.4 Å². The quantitative estimate of drug-likeness (QED) is 0.796. The van der Waals surface area contributed by atoms with E-state index in [4.69, 9.17) is 4.65 Å². The minimum atomic E-state index is -3.18. The summed E-state index contributed by atoms with van der Waals surface area (Å²) in [4.78, 5) is 7.44. The second-order valence-electron chi connectivity index (χ2n) is 7.00. The molecule has 1 fully saturated rings. The Balaban J connectivity index is 1.72. The maximum Gasteiger partial charge on any atom is 0.552 e. The molecule has 0 amide bonds. The molecule has 0 saturated carbocycles. The third-order valence-electron chi connectivity index (χ3n) is 5.44. The van der Waals surface area contributed by atoms with Crippen molar-refractivity contribution in [3.8, 4) is 5.75 Å². The molecule has 138 valence electrons. The number of H-pyrrole nitrogens is 1. The van der Waals surface area contributed by atoms with Crippen LogP contribution in [0, 0.1) is 11.8 Å². The third kappa shape index (κ3) is 2.84. The zero-order valence-corrected chi connectivity index (χ0v) is 15.7. The van der Waals surface area contributed by atoms with Crippen molar-refractivity contribution in [1.29, 1.82) is 0 Å². The van der Waals surface area contributed by atoms with Crippen LogP contribution >= 0.6 is 0 Å². The summed E-state index contributed by atoms with van der Waals surface area (Å²) < 4.78 is 31.6. The summed E-state index contributed by atoms with van der Waals surface area (Å²) in [7, 11) is -4.19. The molecule has 1 saturated heterocycles. The van der Waals surface area contributed by atoms with Crippen molar-refractivity contribution in [3.05, 3.63) is 30.0 Å². The smallest absolute Gasteiger partial charge is 0.531 e. The highest BCUT2D eigenvalue weighted by Gasteiger charge is 2.37. The number of allylic oxidation sites excluding steroid dienone is 1. The van der Waals surface area contributed by atoms with Gasteiger partial charge >= 0.3 is 7.12 Å². The van der Waals surface area contributed by atoms with Crippen molar-refractivity contribution in [1.82, 2.24) is 14.3 Å².